The summed E-state index contributed by atoms with van der Waals surface area (Å²) in [6, 6.07) is 0.476. The van der Waals surface area contributed by atoms with Crippen molar-refractivity contribution < 1.29 is 14.5 Å². The molecule has 0 aliphatic carbocycles. The summed E-state index contributed by atoms with van der Waals surface area (Å²) in [6.07, 6.45) is 2.35. The third-order valence-electron chi connectivity index (χ3n) is 3.02. The van der Waals surface area contributed by atoms with Gasteiger partial charge >= 0.3 is 11.8 Å². The van der Waals surface area contributed by atoms with Gasteiger partial charge < -0.3 is 15.5 Å². The van der Waals surface area contributed by atoms with Gasteiger partial charge in [-0.2, -0.15) is 0 Å². The van der Waals surface area contributed by atoms with Gasteiger partial charge in [0.15, 0.2) is 0 Å². The standard InChI is InChI=1S/C10H19N3O2/c1-3-13-6-4-5-8(13)7-12-10(15)9(14)11-2/h8H,3-7H2,1-2H3,(H,11,14)(H,12,15)/p+1/t8-/m0/s1. The van der Waals surface area contributed by atoms with Gasteiger partial charge in [0.2, 0.25) is 0 Å². The molecule has 1 rings (SSSR count). The summed E-state index contributed by atoms with van der Waals surface area (Å²) in [7, 11) is 1.46. The fraction of sp³-hybridized carbons (Fsp3) is 0.800. The molecule has 1 fully saturated rings. The Hall–Kier alpha value is -1.10. The van der Waals surface area contributed by atoms with Crippen molar-refractivity contribution in [2.75, 3.05) is 26.7 Å². The molecule has 1 aliphatic rings. The molecule has 0 aromatic rings. The summed E-state index contributed by atoms with van der Waals surface area (Å²) in [5.74, 6) is -1.09. The van der Waals surface area contributed by atoms with Crippen LogP contribution in [0.15, 0.2) is 0 Å². The van der Waals surface area contributed by atoms with Gasteiger partial charge in [-0.05, 0) is 6.92 Å². The molecule has 5 nitrogen and oxygen atoms in total. The van der Waals surface area contributed by atoms with Crippen LogP contribution in [-0.2, 0) is 9.59 Å². The number of hydrogen-bond donors (Lipinski definition) is 3. The third kappa shape index (κ3) is 3.20. The van der Waals surface area contributed by atoms with Crippen LogP contribution in [0.5, 0.6) is 0 Å². The molecule has 0 saturated carbocycles. The zero-order chi connectivity index (χ0) is 11.3. The normalized spacial score (nSPS) is 24.9. The first-order valence-electron chi connectivity index (χ1n) is 5.53. The first-order chi connectivity index (χ1) is 7.19. The van der Waals surface area contributed by atoms with Gasteiger partial charge in [-0.1, -0.05) is 0 Å². The van der Waals surface area contributed by atoms with Crippen LogP contribution in [0.2, 0.25) is 0 Å². The van der Waals surface area contributed by atoms with Gasteiger partial charge in [-0.15, -0.1) is 0 Å². The van der Waals surface area contributed by atoms with Crippen molar-refractivity contribution in [2.45, 2.75) is 25.8 Å². The predicted octanol–water partition coefficient (Wildman–Crippen LogP) is -2.08. The molecular formula is C10H20N3O2+. The van der Waals surface area contributed by atoms with E-state index in [4.69, 9.17) is 0 Å². The molecule has 5 heteroatoms. The van der Waals surface area contributed by atoms with Crippen LogP contribution in [0, 0.1) is 0 Å². The second-order valence-corrected chi connectivity index (χ2v) is 3.89. The zero-order valence-electron chi connectivity index (χ0n) is 9.43. The lowest BCUT2D eigenvalue weighted by molar-refractivity contribution is -0.909. The molecule has 2 amide bonds. The highest BCUT2D eigenvalue weighted by Gasteiger charge is 2.27. The molecule has 1 saturated heterocycles. The molecule has 15 heavy (non-hydrogen) atoms. The molecule has 0 radical (unpaired) electrons. The van der Waals surface area contributed by atoms with Crippen LogP contribution in [0.1, 0.15) is 19.8 Å². The van der Waals surface area contributed by atoms with E-state index in [1.807, 2.05) is 0 Å². The van der Waals surface area contributed by atoms with E-state index < -0.39 is 11.8 Å². The van der Waals surface area contributed by atoms with Crippen molar-refractivity contribution >= 4 is 11.8 Å². The second kappa shape index (κ2) is 5.70. The van der Waals surface area contributed by atoms with E-state index in [-0.39, 0.29) is 0 Å². The van der Waals surface area contributed by atoms with Crippen LogP contribution >= 0.6 is 0 Å². The predicted molar refractivity (Wildman–Crippen MR) is 56.5 cm³/mol. The molecule has 0 spiro atoms. The van der Waals surface area contributed by atoms with Crippen molar-refractivity contribution in [3.63, 3.8) is 0 Å². The third-order valence-corrected chi connectivity index (χ3v) is 3.02. The first kappa shape index (κ1) is 12.0. The lowest BCUT2D eigenvalue weighted by Crippen LogP contribution is -3.14. The van der Waals surface area contributed by atoms with Gasteiger partial charge in [0.05, 0.1) is 19.6 Å². The number of hydrogen-bond acceptors (Lipinski definition) is 2. The van der Waals surface area contributed by atoms with E-state index in [9.17, 15) is 9.59 Å². The van der Waals surface area contributed by atoms with Gasteiger partial charge in [0.1, 0.15) is 6.04 Å². The summed E-state index contributed by atoms with van der Waals surface area (Å²) in [5.41, 5.74) is 0. The van der Waals surface area contributed by atoms with Gasteiger partial charge in [0, 0.05) is 19.9 Å². The molecule has 0 bridgehead atoms. The van der Waals surface area contributed by atoms with Crippen LogP contribution in [-0.4, -0.2) is 44.5 Å². The Morgan fingerprint density at radius 3 is 2.73 bits per heavy atom. The number of likely N-dealkylation sites (tertiary alicyclic amines) is 1. The van der Waals surface area contributed by atoms with Crippen LogP contribution in [0.25, 0.3) is 0 Å². The van der Waals surface area contributed by atoms with E-state index in [1.165, 1.54) is 24.9 Å². The van der Waals surface area contributed by atoms with E-state index in [0.29, 0.717) is 12.6 Å². The highest BCUT2D eigenvalue weighted by molar-refractivity contribution is 6.34. The SMILES string of the molecule is CC[NH+]1CCC[C@H]1CNC(=O)C(=O)NC. The Morgan fingerprint density at radius 2 is 2.13 bits per heavy atom. The monoisotopic (exact) mass is 214 g/mol. The minimum absolute atomic E-state index is 0.476. The maximum Gasteiger partial charge on any atom is 0.309 e. The first-order valence-corrected chi connectivity index (χ1v) is 5.53. The summed E-state index contributed by atoms with van der Waals surface area (Å²) in [6.45, 7) is 5.02. The lowest BCUT2D eigenvalue weighted by Gasteiger charge is -2.19. The number of carbonyl (C=O) groups is 2. The van der Waals surface area contributed by atoms with Gasteiger partial charge in [-0.3, -0.25) is 9.59 Å². The van der Waals surface area contributed by atoms with E-state index in [0.717, 1.165) is 13.0 Å². The minimum Gasteiger partial charge on any atom is -0.351 e. The number of nitrogens with one attached hydrogen (secondary N) is 3. The molecule has 1 aliphatic heterocycles. The van der Waals surface area contributed by atoms with Crippen molar-refractivity contribution in [1.82, 2.24) is 10.6 Å². The maximum absolute atomic E-state index is 11.2. The molecular weight excluding hydrogens is 194 g/mol. The topological polar surface area (TPSA) is 62.6 Å². The quantitative estimate of drug-likeness (QED) is 0.472. The summed E-state index contributed by atoms with van der Waals surface area (Å²) in [4.78, 5) is 23.7. The summed E-state index contributed by atoms with van der Waals surface area (Å²) >= 11 is 0. The van der Waals surface area contributed by atoms with Crippen LogP contribution < -0.4 is 15.5 Å². The highest BCUT2D eigenvalue weighted by atomic mass is 16.2. The Kier molecular flexibility index (Phi) is 4.55. The Balaban J connectivity index is 2.30. The minimum atomic E-state index is -0.564. The maximum atomic E-state index is 11.2. The molecule has 1 heterocycles. The lowest BCUT2D eigenvalue weighted by atomic mass is 10.2. The smallest absolute Gasteiger partial charge is 0.309 e. The van der Waals surface area contributed by atoms with Crippen molar-refractivity contribution in [1.29, 1.82) is 0 Å². The van der Waals surface area contributed by atoms with Crippen LogP contribution in [0.4, 0.5) is 0 Å². The largest absolute Gasteiger partial charge is 0.351 e. The van der Waals surface area contributed by atoms with E-state index >= 15 is 0 Å². The van der Waals surface area contributed by atoms with Crippen molar-refractivity contribution in [2.24, 2.45) is 0 Å². The summed E-state index contributed by atoms with van der Waals surface area (Å²) < 4.78 is 0. The molecule has 1 unspecified atom stereocenters. The number of quaternary nitrogens is 1. The molecule has 0 aromatic heterocycles. The van der Waals surface area contributed by atoms with Crippen molar-refractivity contribution in [3.8, 4) is 0 Å². The molecule has 86 valence electrons. The van der Waals surface area contributed by atoms with Crippen LogP contribution in [0.3, 0.4) is 0 Å². The number of carbonyl (C=O) groups excluding carboxylic acids is 2. The van der Waals surface area contributed by atoms with Gasteiger partial charge in [-0.25, -0.2) is 0 Å². The van der Waals surface area contributed by atoms with E-state index in [1.54, 1.807) is 0 Å². The molecule has 2 atom stereocenters. The summed E-state index contributed by atoms with van der Waals surface area (Å²) in [5, 5.41) is 4.98. The Morgan fingerprint density at radius 1 is 1.40 bits per heavy atom. The van der Waals surface area contributed by atoms with Crippen molar-refractivity contribution in [3.05, 3.63) is 0 Å². The Bertz CT molecular complexity index is 243. The fourth-order valence-corrected chi connectivity index (χ4v) is 2.11. The number of rotatable bonds is 3. The molecule has 3 N–H and O–H groups in total. The zero-order valence-corrected chi connectivity index (χ0v) is 9.43. The average molecular weight is 214 g/mol. The fourth-order valence-electron chi connectivity index (χ4n) is 2.11. The molecule has 0 aromatic carbocycles. The highest BCUT2D eigenvalue weighted by Crippen LogP contribution is 1.98. The van der Waals surface area contributed by atoms with Gasteiger partial charge in [0.25, 0.3) is 0 Å². The van der Waals surface area contributed by atoms with E-state index in [2.05, 4.69) is 17.6 Å². The Labute approximate surface area is 90.2 Å². The second-order valence-electron chi connectivity index (χ2n) is 3.89. The average Bonchev–Trinajstić information content (AvgIpc) is 2.71. The number of amides is 2. The number of likely N-dealkylation sites (N-methyl/N-ethyl adjacent to an activating group) is 2.